The zero-order chi connectivity index (χ0) is 13.4. The van der Waals surface area contributed by atoms with Gasteiger partial charge in [0.1, 0.15) is 5.82 Å². The number of anilines is 1. The summed E-state index contributed by atoms with van der Waals surface area (Å²) in [6.07, 6.45) is 2.88. The van der Waals surface area contributed by atoms with E-state index in [1.165, 1.54) is 23.3 Å². The molecule has 1 atom stereocenters. The van der Waals surface area contributed by atoms with Gasteiger partial charge >= 0.3 is 0 Å². The standard InChI is InChI=1S/C15H17FN2O/c1-18(2)15-13-9-11(5-8-14(13)17-19-15)10-3-6-12(16)7-4-10/h3-4,6-7,11H,5,8-9H2,1-2H3. The molecule has 2 aromatic rings. The Labute approximate surface area is 112 Å². The van der Waals surface area contributed by atoms with Crippen molar-refractivity contribution in [2.75, 3.05) is 19.0 Å². The van der Waals surface area contributed by atoms with Gasteiger partial charge < -0.3 is 9.42 Å². The van der Waals surface area contributed by atoms with Crippen LogP contribution in [0, 0.1) is 5.82 Å². The molecule has 0 spiro atoms. The van der Waals surface area contributed by atoms with E-state index in [4.69, 9.17) is 4.52 Å². The molecule has 1 aliphatic carbocycles. The average molecular weight is 260 g/mol. The van der Waals surface area contributed by atoms with Gasteiger partial charge in [0, 0.05) is 19.7 Å². The number of halogens is 1. The number of fused-ring (bicyclic) bond motifs is 1. The van der Waals surface area contributed by atoms with Crippen LogP contribution >= 0.6 is 0 Å². The summed E-state index contributed by atoms with van der Waals surface area (Å²) in [5.74, 6) is 1.09. The van der Waals surface area contributed by atoms with Crippen LogP contribution in [0.3, 0.4) is 0 Å². The summed E-state index contributed by atoms with van der Waals surface area (Å²) >= 11 is 0. The van der Waals surface area contributed by atoms with E-state index in [1.807, 2.05) is 31.1 Å². The fourth-order valence-corrected chi connectivity index (χ4v) is 2.76. The number of aromatic nitrogens is 1. The first-order valence-electron chi connectivity index (χ1n) is 6.55. The predicted molar refractivity (Wildman–Crippen MR) is 72.0 cm³/mol. The largest absolute Gasteiger partial charge is 0.347 e. The van der Waals surface area contributed by atoms with Crippen molar-refractivity contribution in [3.8, 4) is 0 Å². The number of rotatable bonds is 2. The van der Waals surface area contributed by atoms with Gasteiger partial charge in [0.15, 0.2) is 0 Å². The maximum Gasteiger partial charge on any atom is 0.230 e. The molecule has 0 fully saturated rings. The minimum atomic E-state index is -0.181. The van der Waals surface area contributed by atoms with Gasteiger partial charge in [-0.3, -0.25) is 0 Å². The molecular formula is C15H17FN2O. The Kier molecular flexibility index (Phi) is 3.01. The third kappa shape index (κ3) is 2.23. The minimum Gasteiger partial charge on any atom is -0.347 e. The second-order valence-electron chi connectivity index (χ2n) is 5.30. The third-order valence-corrected chi connectivity index (χ3v) is 3.78. The fraction of sp³-hybridized carbons (Fsp3) is 0.400. The number of nitrogens with zero attached hydrogens (tertiary/aromatic N) is 2. The van der Waals surface area contributed by atoms with E-state index in [9.17, 15) is 4.39 Å². The Morgan fingerprint density at radius 3 is 2.68 bits per heavy atom. The zero-order valence-corrected chi connectivity index (χ0v) is 11.2. The lowest BCUT2D eigenvalue weighted by molar-refractivity contribution is 0.415. The lowest BCUT2D eigenvalue weighted by Crippen LogP contribution is -2.16. The van der Waals surface area contributed by atoms with E-state index in [-0.39, 0.29) is 5.82 Å². The zero-order valence-electron chi connectivity index (χ0n) is 11.2. The highest BCUT2D eigenvalue weighted by molar-refractivity contribution is 5.47. The van der Waals surface area contributed by atoms with Crippen LogP contribution in [0.1, 0.15) is 29.2 Å². The average Bonchev–Trinajstić information content (AvgIpc) is 2.82. The van der Waals surface area contributed by atoms with Gasteiger partial charge in [-0.05, 0) is 42.9 Å². The summed E-state index contributed by atoms with van der Waals surface area (Å²) < 4.78 is 18.4. The van der Waals surface area contributed by atoms with Crippen molar-refractivity contribution in [1.82, 2.24) is 5.16 Å². The normalized spacial score (nSPS) is 18.2. The Balaban J connectivity index is 1.88. The first kappa shape index (κ1) is 12.2. The van der Waals surface area contributed by atoms with Crippen LogP contribution in [0.15, 0.2) is 28.8 Å². The van der Waals surface area contributed by atoms with Crippen LogP contribution in [-0.4, -0.2) is 19.3 Å². The highest BCUT2D eigenvalue weighted by Crippen LogP contribution is 2.36. The molecule has 3 nitrogen and oxygen atoms in total. The van der Waals surface area contributed by atoms with Crippen LogP contribution in [-0.2, 0) is 12.8 Å². The van der Waals surface area contributed by atoms with Crippen LogP contribution < -0.4 is 4.90 Å². The molecule has 0 N–H and O–H groups in total. The lowest BCUT2D eigenvalue weighted by Gasteiger charge is -2.22. The molecule has 19 heavy (non-hydrogen) atoms. The third-order valence-electron chi connectivity index (χ3n) is 3.78. The van der Waals surface area contributed by atoms with E-state index in [0.29, 0.717) is 5.92 Å². The van der Waals surface area contributed by atoms with Crippen molar-refractivity contribution in [3.05, 3.63) is 46.9 Å². The predicted octanol–water partition coefficient (Wildman–Crippen LogP) is 3.15. The highest BCUT2D eigenvalue weighted by atomic mass is 19.1. The Hall–Kier alpha value is -1.84. The van der Waals surface area contributed by atoms with E-state index in [1.54, 1.807) is 0 Å². The van der Waals surface area contributed by atoms with E-state index >= 15 is 0 Å². The summed E-state index contributed by atoms with van der Waals surface area (Å²) in [4.78, 5) is 1.96. The van der Waals surface area contributed by atoms with Crippen molar-refractivity contribution in [2.24, 2.45) is 0 Å². The van der Waals surface area contributed by atoms with Crippen molar-refractivity contribution in [2.45, 2.75) is 25.2 Å². The first-order chi connectivity index (χ1) is 9.15. The molecule has 1 aromatic carbocycles. The Morgan fingerprint density at radius 2 is 2.00 bits per heavy atom. The minimum absolute atomic E-state index is 0.181. The quantitative estimate of drug-likeness (QED) is 0.830. The molecule has 0 amide bonds. The molecule has 0 saturated carbocycles. The molecule has 0 aliphatic heterocycles. The second kappa shape index (κ2) is 4.68. The smallest absolute Gasteiger partial charge is 0.230 e. The van der Waals surface area contributed by atoms with E-state index in [0.717, 1.165) is 30.8 Å². The van der Waals surface area contributed by atoms with Crippen LogP contribution in [0.25, 0.3) is 0 Å². The van der Waals surface area contributed by atoms with Crippen LogP contribution in [0.2, 0.25) is 0 Å². The van der Waals surface area contributed by atoms with Gasteiger partial charge in [-0.1, -0.05) is 17.3 Å². The fourth-order valence-electron chi connectivity index (χ4n) is 2.76. The first-order valence-corrected chi connectivity index (χ1v) is 6.55. The molecule has 3 rings (SSSR count). The molecule has 1 unspecified atom stereocenters. The molecule has 0 bridgehead atoms. The molecular weight excluding hydrogens is 243 g/mol. The summed E-state index contributed by atoms with van der Waals surface area (Å²) in [6.45, 7) is 0. The molecule has 100 valence electrons. The number of benzene rings is 1. The number of hydrogen-bond acceptors (Lipinski definition) is 3. The maximum atomic E-state index is 13.0. The molecule has 0 radical (unpaired) electrons. The number of hydrogen-bond donors (Lipinski definition) is 0. The number of aryl methyl sites for hydroxylation is 1. The van der Waals surface area contributed by atoms with Gasteiger partial charge in [-0.15, -0.1) is 0 Å². The van der Waals surface area contributed by atoms with Crippen molar-refractivity contribution >= 4 is 5.88 Å². The summed E-state index contributed by atoms with van der Waals surface area (Å²) in [7, 11) is 3.92. The molecule has 4 heteroatoms. The van der Waals surface area contributed by atoms with Gasteiger partial charge in [0.2, 0.25) is 5.88 Å². The molecule has 1 aromatic heterocycles. The molecule has 1 aliphatic rings. The second-order valence-corrected chi connectivity index (χ2v) is 5.30. The van der Waals surface area contributed by atoms with Gasteiger partial charge in [0.05, 0.1) is 5.69 Å². The van der Waals surface area contributed by atoms with Crippen molar-refractivity contribution in [1.29, 1.82) is 0 Å². The van der Waals surface area contributed by atoms with Crippen LogP contribution in [0.4, 0.5) is 10.3 Å². The van der Waals surface area contributed by atoms with E-state index in [2.05, 4.69) is 5.16 Å². The van der Waals surface area contributed by atoms with E-state index < -0.39 is 0 Å². The topological polar surface area (TPSA) is 29.3 Å². The van der Waals surface area contributed by atoms with Gasteiger partial charge in [-0.2, -0.15) is 0 Å². The lowest BCUT2D eigenvalue weighted by atomic mass is 9.82. The maximum absolute atomic E-state index is 13.0. The molecule has 1 heterocycles. The molecule has 0 saturated heterocycles. The monoisotopic (exact) mass is 260 g/mol. The van der Waals surface area contributed by atoms with Crippen LogP contribution in [0.5, 0.6) is 0 Å². The SMILES string of the molecule is CN(C)c1onc2c1CC(c1ccc(F)cc1)CC2. The van der Waals surface area contributed by atoms with Crippen molar-refractivity contribution < 1.29 is 8.91 Å². The Bertz CT molecular complexity index is 574. The van der Waals surface area contributed by atoms with Gasteiger partial charge in [-0.25, -0.2) is 4.39 Å². The van der Waals surface area contributed by atoms with Crippen molar-refractivity contribution in [3.63, 3.8) is 0 Å². The summed E-state index contributed by atoms with van der Waals surface area (Å²) in [5.41, 5.74) is 3.46. The Morgan fingerprint density at radius 1 is 1.26 bits per heavy atom. The summed E-state index contributed by atoms with van der Waals surface area (Å²) in [6, 6.07) is 6.83. The summed E-state index contributed by atoms with van der Waals surface area (Å²) in [5, 5.41) is 4.14. The highest BCUT2D eigenvalue weighted by Gasteiger charge is 2.27. The van der Waals surface area contributed by atoms with Gasteiger partial charge in [0.25, 0.3) is 0 Å².